The molecule has 0 aliphatic carbocycles. The number of halogens is 1. The average Bonchev–Trinajstić information content (AvgIpc) is 2.32. The Balaban J connectivity index is 2.41. The zero-order chi connectivity index (χ0) is 14.0. The lowest BCUT2D eigenvalue weighted by atomic mass is 10.1. The van der Waals surface area contributed by atoms with Gasteiger partial charge in [-0.1, -0.05) is 33.6 Å². The van der Waals surface area contributed by atoms with Crippen molar-refractivity contribution in [2.24, 2.45) is 10.2 Å². The monoisotopic (exact) mass is 318 g/mol. The van der Waals surface area contributed by atoms with E-state index < -0.39 is 0 Å². The summed E-state index contributed by atoms with van der Waals surface area (Å²) in [7, 11) is 0. The van der Waals surface area contributed by atoms with Crippen LogP contribution in [0.4, 0.5) is 11.4 Å². The molecule has 3 nitrogen and oxygen atoms in total. The minimum atomic E-state index is 0.120. The lowest BCUT2D eigenvalue weighted by Crippen LogP contribution is -1.82. The number of phenols is 1. The maximum absolute atomic E-state index is 9.72. The van der Waals surface area contributed by atoms with E-state index in [-0.39, 0.29) is 5.75 Å². The van der Waals surface area contributed by atoms with Crippen LogP contribution in [-0.4, -0.2) is 5.11 Å². The number of hydrogen-bond acceptors (Lipinski definition) is 3. The summed E-state index contributed by atoms with van der Waals surface area (Å²) < 4.78 is 0.858. The van der Waals surface area contributed by atoms with Gasteiger partial charge >= 0.3 is 0 Å². The van der Waals surface area contributed by atoms with Gasteiger partial charge < -0.3 is 5.11 Å². The van der Waals surface area contributed by atoms with Gasteiger partial charge in [-0.25, -0.2) is 0 Å². The number of hydrogen-bond donors (Lipinski definition) is 1. The molecule has 0 fully saturated rings. The fraction of sp³-hybridized carbons (Fsp3) is 0.200. The first-order valence-corrected chi connectivity index (χ1v) is 6.75. The molecule has 2 rings (SSSR count). The molecule has 0 aromatic heterocycles. The largest absolute Gasteiger partial charge is 0.506 e. The molecule has 0 heterocycles. The van der Waals surface area contributed by atoms with Crippen molar-refractivity contribution >= 4 is 27.3 Å². The molecule has 0 unspecified atom stereocenters. The Labute approximate surface area is 121 Å². The number of aryl methyl sites for hydroxylation is 3. The molecular formula is C15H15BrN2O. The topological polar surface area (TPSA) is 45.0 Å². The smallest absolute Gasteiger partial charge is 0.143 e. The third-order valence-electron chi connectivity index (χ3n) is 2.83. The van der Waals surface area contributed by atoms with Gasteiger partial charge in [0.1, 0.15) is 11.4 Å². The lowest BCUT2D eigenvalue weighted by Gasteiger charge is -2.05. The maximum Gasteiger partial charge on any atom is 0.143 e. The second-order valence-electron chi connectivity index (χ2n) is 4.58. The van der Waals surface area contributed by atoms with Crippen LogP contribution in [0.25, 0.3) is 0 Å². The molecule has 1 N–H and O–H groups in total. The van der Waals surface area contributed by atoms with Crippen molar-refractivity contribution in [3.05, 3.63) is 51.5 Å². The lowest BCUT2D eigenvalue weighted by molar-refractivity contribution is 0.476. The van der Waals surface area contributed by atoms with Crippen LogP contribution in [0.1, 0.15) is 16.7 Å². The number of rotatable bonds is 2. The van der Waals surface area contributed by atoms with Gasteiger partial charge in [0, 0.05) is 4.47 Å². The van der Waals surface area contributed by atoms with Gasteiger partial charge in [-0.3, -0.25) is 0 Å². The van der Waals surface area contributed by atoms with Crippen LogP contribution in [0.5, 0.6) is 5.75 Å². The number of aromatic hydroxyl groups is 1. The molecule has 0 atom stereocenters. The van der Waals surface area contributed by atoms with Crippen LogP contribution >= 0.6 is 15.9 Å². The predicted octanol–water partition coefficient (Wildman–Crippen LogP) is 5.50. The molecule has 0 aliphatic rings. The van der Waals surface area contributed by atoms with E-state index in [0.29, 0.717) is 5.69 Å². The summed E-state index contributed by atoms with van der Waals surface area (Å²) in [6.07, 6.45) is 0. The molecule has 0 saturated carbocycles. The highest BCUT2D eigenvalue weighted by atomic mass is 79.9. The normalized spacial score (nSPS) is 11.2. The van der Waals surface area contributed by atoms with E-state index in [1.807, 2.05) is 13.8 Å². The van der Waals surface area contributed by atoms with E-state index in [9.17, 15) is 5.11 Å². The molecule has 0 radical (unpaired) electrons. The van der Waals surface area contributed by atoms with E-state index in [2.05, 4.69) is 45.2 Å². The average molecular weight is 319 g/mol. The van der Waals surface area contributed by atoms with E-state index >= 15 is 0 Å². The molecule has 98 valence electrons. The second-order valence-corrected chi connectivity index (χ2v) is 5.50. The number of nitrogens with zero attached hydrogens (tertiary/aromatic N) is 2. The molecule has 0 spiro atoms. The van der Waals surface area contributed by atoms with Gasteiger partial charge in [0.05, 0.1) is 5.69 Å². The molecule has 19 heavy (non-hydrogen) atoms. The molecule has 0 amide bonds. The molecular weight excluding hydrogens is 304 g/mol. The van der Waals surface area contributed by atoms with E-state index in [1.165, 1.54) is 5.56 Å². The first kappa shape index (κ1) is 13.7. The van der Waals surface area contributed by atoms with Crippen molar-refractivity contribution in [2.75, 3.05) is 0 Å². The van der Waals surface area contributed by atoms with E-state index in [0.717, 1.165) is 21.3 Å². The van der Waals surface area contributed by atoms with Crippen LogP contribution < -0.4 is 0 Å². The highest BCUT2D eigenvalue weighted by Gasteiger charge is 2.04. The van der Waals surface area contributed by atoms with Crippen molar-refractivity contribution in [2.45, 2.75) is 20.8 Å². The standard InChI is InChI=1S/C15H15BrN2O/c1-9-6-10(2)15(11(3)7-9)18-17-13-8-12(16)4-5-14(13)19/h4-8,19H,1-3H3. The Morgan fingerprint density at radius 3 is 2.21 bits per heavy atom. The van der Waals surface area contributed by atoms with Crippen molar-refractivity contribution in [1.29, 1.82) is 0 Å². The van der Waals surface area contributed by atoms with E-state index in [4.69, 9.17) is 0 Å². The van der Waals surface area contributed by atoms with Gasteiger partial charge in [0.25, 0.3) is 0 Å². The minimum absolute atomic E-state index is 0.120. The SMILES string of the molecule is Cc1cc(C)c(N=Nc2cc(Br)ccc2O)c(C)c1. The van der Waals surface area contributed by atoms with Gasteiger partial charge in [-0.05, 0) is 50.1 Å². The fourth-order valence-corrected chi connectivity index (χ4v) is 2.36. The molecule has 0 bridgehead atoms. The Bertz CT molecular complexity index is 628. The summed E-state index contributed by atoms with van der Waals surface area (Å²) in [4.78, 5) is 0. The third-order valence-corrected chi connectivity index (χ3v) is 3.32. The Morgan fingerprint density at radius 2 is 1.58 bits per heavy atom. The highest BCUT2D eigenvalue weighted by Crippen LogP contribution is 2.32. The third kappa shape index (κ3) is 3.20. The fourth-order valence-electron chi connectivity index (χ4n) is 2.01. The van der Waals surface area contributed by atoms with Gasteiger partial charge in [0.2, 0.25) is 0 Å². The van der Waals surface area contributed by atoms with Crippen LogP contribution in [-0.2, 0) is 0 Å². The molecule has 2 aromatic rings. The van der Waals surface area contributed by atoms with Crippen LogP contribution in [0.2, 0.25) is 0 Å². The summed E-state index contributed by atoms with van der Waals surface area (Å²) in [5.41, 5.74) is 4.67. The second kappa shape index (κ2) is 5.53. The summed E-state index contributed by atoms with van der Waals surface area (Å²) in [5, 5.41) is 18.1. The van der Waals surface area contributed by atoms with Gasteiger partial charge in [-0.15, -0.1) is 10.2 Å². The van der Waals surface area contributed by atoms with Gasteiger partial charge in [0.15, 0.2) is 0 Å². The molecule has 0 saturated heterocycles. The van der Waals surface area contributed by atoms with Crippen LogP contribution in [0.3, 0.4) is 0 Å². The quantitative estimate of drug-likeness (QED) is 0.730. The number of azo groups is 1. The minimum Gasteiger partial charge on any atom is -0.506 e. The Morgan fingerprint density at radius 1 is 0.947 bits per heavy atom. The van der Waals surface area contributed by atoms with E-state index in [1.54, 1.807) is 18.2 Å². The van der Waals surface area contributed by atoms with Crippen molar-refractivity contribution in [3.8, 4) is 5.75 Å². The summed E-state index contributed by atoms with van der Waals surface area (Å²) in [6.45, 7) is 6.07. The van der Waals surface area contributed by atoms with Crippen molar-refractivity contribution in [1.82, 2.24) is 0 Å². The van der Waals surface area contributed by atoms with Crippen molar-refractivity contribution < 1.29 is 5.11 Å². The first-order chi connectivity index (χ1) is 8.97. The predicted molar refractivity (Wildman–Crippen MR) is 80.6 cm³/mol. The number of phenolic OH excluding ortho intramolecular Hbond substituents is 1. The molecule has 0 aliphatic heterocycles. The number of benzene rings is 2. The Kier molecular flexibility index (Phi) is 4.00. The maximum atomic E-state index is 9.72. The molecule has 4 heteroatoms. The Hall–Kier alpha value is -1.68. The first-order valence-electron chi connectivity index (χ1n) is 5.95. The zero-order valence-corrected chi connectivity index (χ0v) is 12.7. The van der Waals surface area contributed by atoms with Crippen LogP contribution in [0, 0.1) is 20.8 Å². The zero-order valence-electron chi connectivity index (χ0n) is 11.1. The summed E-state index contributed by atoms with van der Waals surface area (Å²) >= 11 is 3.35. The molecule has 2 aromatic carbocycles. The summed E-state index contributed by atoms with van der Waals surface area (Å²) in [5.74, 6) is 0.120. The van der Waals surface area contributed by atoms with Crippen LogP contribution in [0.15, 0.2) is 45.0 Å². The van der Waals surface area contributed by atoms with Gasteiger partial charge in [-0.2, -0.15) is 0 Å². The highest BCUT2D eigenvalue weighted by molar-refractivity contribution is 9.10. The summed E-state index contributed by atoms with van der Waals surface area (Å²) in [6, 6.07) is 9.23. The van der Waals surface area contributed by atoms with Crippen molar-refractivity contribution in [3.63, 3.8) is 0 Å².